The maximum atomic E-state index is 12.3. The van der Waals surface area contributed by atoms with Crippen LogP contribution in [0.1, 0.15) is 5.56 Å². The van der Waals surface area contributed by atoms with Gasteiger partial charge in [0.15, 0.2) is 0 Å². The zero-order valence-corrected chi connectivity index (χ0v) is 14.9. The molecule has 1 heterocycles. The van der Waals surface area contributed by atoms with Gasteiger partial charge in [0.2, 0.25) is 0 Å². The molecule has 0 spiro atoms. The molecule has 1 N–H and O–H groups in total. The van der Waals surface area contributed by atoms with E-state index in [1.54, 1.807) is 30.3 Å². The third-order valence-electron chi connectivity index (χ3n) is 4.03. The minimum Gasteiger partial charge on any atom is -0.378 e. The quantitative estimate of drug-likeness (QED) is 0.660. The van der Waals surface area contributed by atoms with Gasteiger partial charge >= 0.3 is 0 Å². The summed E-state index contributed by atoms with van der Waals surface area (Å²) in [4.78, 5) is 14.6. The average molecular weight is 368 g/mol. The summed E-state index contributed by atoms with van der Waals surface area (Å²) in [5.41, 5.74) is 2.47. The van der Waals surface area contributed by atoms with Crippen molar-refractivity contribution in [3.05, 3.63) is 64.7 Å². The molecule has 2 aromatic rings. The van der Waals surface area contributed by atoms with Crippen LogP contribution in [0, 0.1) is 11.3 Å². The lowest BCUT2D eigenvalue weighted by atomic mass is 10.1. The van der Waals surface area contributed by atoms with Crippen molar-refractivity contribution in [1.29, 1.82) is 5.26 Å². The summed E-state index contributed by atoms with van der Waals surface area (Å²) in [5.74, 6) is -0.466. The first kappa shape index (κ1) is 18.0. The Hall–Kier alpha value is -2.81. The van der Waals surface area contributed by atoms with Gasteiger partial charge in [0, 0.05) is 29.5 Å². The van der Waals surface area contributed by atoms with Crippen molar-refractivity contribution in [2.75, 3.05) is 36.5 Å². The van der Waals surface area contributed by atoms with Crippen molar-refractivity contribution in [2.24, 2.45) is 0 Å². The molecule has 0 bridgehead atoms. The van der Waals surface area contributed by atoms with Crippen molar-refractivity contribution >= 4 is 35.0 Å². The molecule has 1 amide bonds. The number of nitrogens with one attached hydrogen (secondary N) is 1. The van der Waals surface area contributed by atoms with Crippen molar-refractivity contribution in [1.82, 2.24) is 0 Å². The normalized spacial score (nSPS) is 14.6. The lowest BCUT2D eigenvalue weighted by molar-refractivity contribution is -0.112. The molecule has 2 aromatic carbocycles. The zero-order valence-electron chi connectivity index (χ0n) is 14.1. The van der Waals surface area contributed by atoms with Crippen LogP contribution in [0.25, 0.3) is 6.08 Å². The van der Waals surface area contributed by atoms with E-state index in [1.165, 1.54) is 0 Å². The van der Waals surface area contributed by atoms with E-state index < -0.39 is 5.91 Å². The number of ether oxygens (including phenoxy) is 1. The van der Waals surface area contributed by atoms with Gasteiger partial charge in [0.25, 0.3) is 5.91 Å². The first-order valence-corrected chi connectivity index (χ1v) is 8.65. The Bertz CT molecular complexity index is 850. The molecule has 3 rings (SSSR count). The second-order valence-corrected chi connectivity index (χ2v) is 6.26. The molecule has 6 heteroatoms. The van der Waals surface area contributed by atoms with E-state index in [9.17, 15) is 10.1 Å². The monoisotopic (exact) mass is 367 g/mol. The molecule has 0 aromatic heterocycles. The van der Waals surface area contributed by atoms with Gasteiger partial charge in [-0.3, -0.25) is 4.79 Å². The average Bonchev–Trinajstić information content (AvgIpc) is 2.67. The third kappa shape index (κ3) is 4.63. The molecule has 26 heavy (non-hydrogen) atoms. The lowest BCUT2D eigenvalue weighted by Crippen LogP contribution is -2.36. The number of hydrogen-bond acceptors (Lipinski definition) is 4. The Kier molecular flexibility index (Phi) is 5.90. The predicted octanol–water partition coefficient (Wildman–Crippen LogP) is 3.72. The second-order valence-electron chi connectivity index (χ2n) is 5.83. The molecule has 0 radical (unpaired) electrons. The van der Waals surface area contributed by atoms with Crippen molar-refractivity contribution in [3.8, 4) is 6.07 Å². The number of anilines is 2. The molecule has 1 aliphatic rings. The summed E-state index contributed by atoms with van der Waals surface area (Å²) >= 11 is 5.91. The molecule has 0 saturated carbocycles. The highest BCUT2D eigenvalue weighted by atomic mass is 35.5. The highest BCUT2D eigenvalue weighted by Gasteiger charge is 2.12. The van der Waals surface area contributed by atoms with Crippen LogP contribution in [0.4, 0.5) is 11.4 Å². The molecule has 0 unspecified atom stereocenters. The van der Waals surface area contributed by atoms with Crippen LogP contribution in [-0.4, -0.2) is 32.2 Å². The first-order chi connectivity index (χ1) is 12.7. The second kappa shape index (κ2) is 8.52. The highest BCUT2D eigenvalue weighted by molar-refractivity contribution is 6.31. The number of morpholine rings is 1. The van der Waals surface area contributed by atoms with Crippen LogP contribution >= 0.6 is 11.6 Å². The van der Waals surface area contributed by atoms with E-state index >= 15 is 0 Å². The van der Waals surface area contributed by atoms with E-state index in [1.807, 2.05) is 30.3 Å². The zero-order chi connectivity index (χ0) is 18.4. The van der Waals surface area contributed by atoms with E-state index in [4.69, 9.17) is 16.3 Å². The summed E-state index contributed by atoms with van der Waals surface area (Å²) in [6, 6.07) is 16.5. The van der Waals surface area contributed by atoms with E-state index in [0.29, 0.717) is 10.7 Å². The number of rotatable bonds is 4. The molecule has 1 fully saturated rings. The number of nitriles is 1. The molecule has 0 aliphatic carbocycles. The fraction of sp³-hybridized carbons (Fsp3) is 0.200. The largest absolute Gasteiger partial charge is 0.378 e. The fourth-order valence-electron chi connectivity index (χ4n) is 2.68. The molecule has 132 valence electrons. The minimum absolute atomic E-state index is 0.0316. The molecule has 5 nitrogen and oxygen atoms in total. The lowest BCUT2D eigenvalue weighted by Gasteiger charge is -2.28. The number of halogens is 1. The highest BCUT2D eigenvalue weighted by Crippen LogP contribution is 2.19. The summed E-state index contributed by atoms with van der Waals surface area (Å²) in [6.07, 6.45) is 1.57. The van der Waals surface area contributed by atoms with Crippen LogP contribution in [-0.2, 0) is 9.53 Å². The third-order valence-corrected chi connectivity index (χ3v) is 4.26. The number of benzene rings is 2. The fourth-order valence-corrected chi connectivity index (χ4v) is 2.87. The molecule has 0 atom stereocenters. The smallest absolute Gasteiger partial charge is 0.266 e. The van der Waals surface area contributed by atoms with Crippen molar-refractivity contribution in [3.63, 3.8) is 0 Å². The Labute approximate surface area is 157 Å². The molecule has 1 saturated heterocycles. The van der Waals surface area contributed by atoms with Gasteiger partial charge in [0.1, 0.15) is 11.6 Å². The van der Waals surface area contributed by atoms with Gasteiger partial charge in [-0.25, -0.2) is 0 Å². The summed E-state index contributed by atoms with van der Waals surface area (Å²) in [5, 5.41) is 12.5. The predicted molar refractivity (Wildman–Crippen MR) is 103 cm³/mol. The number of amides is 1. The number of carbonyl (C=O) groups is 1. The van der Waals surface area contributed by atoms with Crippen LogP contribution in [0.15, 0.2) is 54.1 Å². The van der Waals surface area contributed by atoms with Gasteiger partial charge in [-0.05, 0) is 42.0 Å². The Morgan fingerprint density at radius 1 is 1.19 bits per heavy atom. The SMILES string of the molecule is N#CC(=Cc1ccc(N2CCOCC2)cc1)C(=O)Nc1cccc(Cl)c1. The standard InChI is InChI=1S/C20H18ClN3O2/c21-17-2-1-3-18(13-17)23-20(25)16(14-22)12-15-4-6-19(7-5-15)24-8-10-26-11-9-24/h1-7,12-13H,8-11H2,(H,23,25). The van der Waals surface area contributed by atoms with Crippen LogP contribution in [0.3, 0.4) is 0 Å². The van der Waals surface area contributed by atoms with Crippen LogP contribution < -0.4 is 10.2 Å². The van der Waals surface area contributed by atoms with Crippen molar-refractivity contribution in [2.45, 2.75) is 0 Å². The maximum absolute atomic E-state index is 12.3. The van der Waals surface area contributed by atoms with E-state index in [2.05, 4.69) is 10.2 Å². The summed E-state index contributed by atoms with van der Waals surface area (Å²) in [6.45, 7) is 3.18. The molecular formula is C20H18ClN3O2. The van der Waals surface area contributed by atoms with E-state index in [-0.39, 0.29) is 5.57 Å². The number of nitrogens with zero attached hydrogens (tertiary/aromatic N) is 2. The minimum atomic E-state index is -0.466. The number of carbonyl (C=O) groups excluding carboxylic acids is 1. The number of hydrogen-bond donors (Lipinski definition) is 1. The molecule has 1 aliphatic heterocycles. The van der Waals surface area contributed by atoms with Gasteiger partial charge in [-0.2, -0.15) is 5.26 Å². The summed E-state index contributed by atoms with van der Waals surface area (Å²) in [7, 11) is 0. The maximum Gasteiger partial charge on any atom is 0.266 e. The van der Waals surface area contributed by atoms with Gasteiger partial charge in [-0.1, -0.05) is 29.8 Å². The Morgan fingerprint density at radius 2 is 1.92 bits per heavy atom. The topological polar surface area (TPSA) is 65.4 Å². The summed E-state index contributed by atoms with van der Waals surface area (Å²) < 4.78 is 5.35. The van der Waals surface area contributed by atoms with Gasteiger partial charge in [0.05, 0.1) is 13.2 Å². The van der Waals surface area contributed by atoms with Crippen LogP contribution in [0.2, 0.25) is 5.02 Å². The Balaban J connectivity index is 1.71. The van der Waals surface area contributed by atoms with Gasteiger partial charge in [-0.15, -0.1) is 0 Å². The van der Waals surface area contributed by atoms with E-state index in [0.717, 1.165) is 37.6 Å². The molecular weight excluding hydrogens is 350 g/mol. The van der Waals surface area contributed by atoms with Crippen molar-refractivity contribution < 1.29 is 9.53 Å². The van der Waals surface area contributed by atoms with Gasteiger partial charge < -0.3 is 15.0 Å². The Morgan fingerprint density at radius 3 is 2.58 bits per heavy atom. The van der Waals surface area contributed by atoms with Crippen LogP contribution in [0.5, 0.6) is 0 Å². The first-order valence-electron chi connectivity index (χ1n) is 8.27.